The van der Waals surface area contributed by atoms with E-state index in [0.717, 1.165) is 0 Å². The summed E-state index contributed by atoms with van der Waals surface area (Å²) in [6.45, 7) is 0. The summed E-state index contributed by atoms with van der Waals surface area (Å²) in [4.78, 5) is 41.5. The van der Waals surface area contributed by atoms with Crippen molar-refractivity contribution in [2.24, 2.45) is 0 Å². The second kappa shape index (κ2) is 8.02. The van der Waals surface area contributed by atoms with Crippen LogP contribution in [0.15, 0.2) is 59.4 Å². The lowest BCUT2D eigenvalue weighted by Gasteiger charge is -2.20. The molecule has 0 radical (unpaired) electrons. The van der Waals surface area contributed by atoms with Crippen LogP contribution in [0.4, 0.5) is 5.69 Å². The summed E-state index contributed by atoms with van der Waals surface area (Å²) in [6, 6.07) is 15.2. The summed E-state index contributed by atoms with van der Waals surface area (Å²) in [5.74, 6) is -0.791. The predicted molar refractivity (Wildman–Crippen MR) is 133 cm³/mol. The zero-order valence-electron chi connectivity index (χ0n) is 19.6. The van der Waals surface area contributed by atoms with Gasteiger partial charge in [0.2, 0.25) is 0 Å². The first-order valence-electron chi connectivity index (χ1n) is 10.8. The number of aromatic nitrogens is 1. The molecular weight excluding hydrogens is 448 g/mol. The van der Waals surface area contributed by atoms with Crippen molar-refractivity contribution in [3.05, 3.63) is 81.6 Å². The number of fused-ring (bicyclic) bond motifs is 5. The molecule has 0 bridgehead atoms. The largest absolute Gasteiger partial charge is 0.493 e. The Labute approximate surface area is 200 Å². The Morgan fingerprint density at radius 1 is 0.943 bits per heavy atom. The number of methoxy groups -OCH3 is 2. The van der Waals surface area contributed by atoms with E-state index in [4.69, 9.17) is 9.47 Å². The van der Waals surface area contributed by atoms with Crippen LogP contribution in [0.25, 0.3) is 27.7 Å². The van der Waals surface area contributed by atoms with Gasteiger partial charge in [-0.3, -0.25) is 14.2 Å². The van der Waals surface area contributed by atoms with E-state index in [1.165, 1.54) is 24.9 Å². The first-order valence-corrected chi connectivity index (χ1v) is 10.8. The number of carbonyl (C=O) groups excluding carboxylic acids is 1. The van der Waals surface area contributed by atoms with Crippen molar-refractivity contribution < 1.29 is 24.2 Å². The molecular formula is C27H22N2O6. The van der Waals surface area contributed by atoms with Gasteiger partial charge in [-0.1, -0.05) is 24.3 Å². The molecule has 0 amide bonds. The van der Waals surface area contributed by atoms with E-state index in [0.29, 0.717) is 44.9 Å². The molecule has 3 aromatic carbocycles. The molecule has 0 saturated carbocycles. The fourth-order valence-electron chi connectivity index (χ4n) is 4.78. The highest BCUT2D eigenvalue weighted by Crippen LogP contribution is 2.44. The van der Waals surface area contributed by atoms with Crippen molar-refractivity contribution in [3.8, 4) is 28.4 Å². The molecule has 0 aliphatic heterocycles. The van der Waals surface area contributed by atoms with Gasteiger partial charge < -0.3 is 19.5 Å². The molecule has 0 fully saturated rings. The van der Waals surface area contributed by atoms with Gasteiger partial charge in [-0.05, 0) is 30.3 Å². The molecule has 1 N–H and O–H groups in total. The SMILES string of the molecule is COc1ccc2c3c(n(-c4ccc(N(C)C)c(C(=O)O)c4)c(=O)c2c1OC)-c1ccccc1C3=O. The minimum atomic E-state index is -1.13. The summed E-state index contributed by atoms with van der Waals surface area (Å²) in [5, 5.41) is 10.5. The zero-order chi connectivity index (χ0) is 25.0. The van der Waals surface area contributed by atoms with Crippen molar-refractivity contribution in [1.29, 1.82) is 0 Å². The number of nitrogens with zero attached hydrogens (tertiary/aromatic N) is 2. The van der Waals surface area contributed by atoms with E-state index in [9.17, 15) is 19.5 Å². The average molecular weight is 470 g/mol. The number of carbonyl (C=O) groups is 2. The first kappa shape index (κ1) is 22.2. The third kappa shape index (κ3) is 3.10. The fraction of sp³-hybridized carbons (Fsp3) is 0.148. The summed E-state index contributed by atoms with van der Waals surface area (Å²) < 4.78 is 12.4. The van der Waals surface area contributed by atoms with Gasteiger partial charge in [-0.15, -0.1) is 0 Å². The molecule has 1 heterocycles. The molecule has 8 nitrogen and oxygen atoms in total. The van der Waals surface area contributed by atoms with Crippen molar-refractivity contribution in [3.63, 3.8) is 0 Å². The van der Waals surface area contributed by atoms with Crippen molar-refractivity contribution in [1.82, 2.24) is 4.57 Å². The molecule has 5 rings (SSSR count). The lowest BCUT2D eigenvalue weighted by Crippen LogP contribution is -2.23. The molecule has 0 saturated heterocycles. The normalized spacial score (nSPS) is 11.8. The smallest absolute Gasteiger partial charge is 0.337 e. The van der Waals surface area contributed by atoms with E-state index in [2.05, 4.69) is 0 Å². The molecule has 0 unspecified atom stereocenters. The maximum atomic E-state index is 14.1. The quantitative estimate of drug-likeness (QED) is 0.415. The van der Waals surface area contributed by atoms with Crippen LogP contribution in [-0.4, -0.2) is 49.7 Å². The van der Waals surface area contributed by atoms with Gasteiger partial charge >= 0.3 is 5.97 Å². The van der Waals surface area contributed by atoms with Crippen LogP contribution in [0, 0.1) is 0 Å². The van der Waals surface area contributed by atoms with Crippen LogP contribution in [0.5, 0.6) is 11.5 Å². The number of benzene rings is 3. The second-order valence-corrected chi connectivity index (χ2v) is 8.36. The minimum absolute atomic E-state index is 0.0310. The highest BCUT2D eigenvalue weighted by atomic mass is 16.5. The molecule has 1 aliphatic carbocycles. The Hall–Kier alpha value is -4.59. The van der Waals surface area contributed by atoms with Crippen LogP contribution in [0.2, 0.25) is 0 Å². The molecule has 0 atom stereocenters. The van der Waals surface area contributed by atoms with Gasteiger partial charge in [0.1, 0.15) is 0 Å². The van der Waals surface area contributed by atoms with Crippen LogP contribution in [0.3, 0.4) is 0 Å². The summed E-state index contributed by atoms with van der Waals surface area (Å²) in [7, 11) is 6.38. The Morgan fingerprint density at radius 2 is 1.66 bits per heavy atom. The highest BCUT2D eigenvalue weighted by Gasteiger charge is 2.34. The van der Waals surface area contributed by atoms with Gasteiger partial charge in [-0.25, -0.2) is 4.79 Å². The van der Waals surface area contributed by atoms with E-state index in [1.807, 2.05) is 0 Å². The minimum Gasteiger partial charge on any atom is -0.493 e. The van der Waals surface area contributed by atoms with Crippen LogP contribution in [0.1, 0.15) is 26.3 Å². The number of carboxylic acid groups (broad SMARTS) is 1. The van der Waals surface area contributed by atoms with Crippen LogP contribution in [-0.2, 0) is 0 Å². The zero-order valence-corrected chi connectivity index (χ0v) is 19.6. The summed E-state index contributed by atoms with van der Waals surface area (Å²) in [6.07, 6.45) is 0. The average Bonchev–Trinajstić information content (AvgIpc) is 3.15. The number of aromatic carboxylic acids is 1. The Balaban J connectivity index is 1.99. The Kier molecular flexibility index (Phi) is 5.09. The Morgan fingerprint density at radius 3 is 2.29 bits per heavy atom. The lowest BCUT2D eigenvalue weighted by atomic mass is 10.0. The maximum absolute atomic E-state index is 14.1. The standard InChI is InChI=1S/C27H22N2O6/c1-28(2)19-11-9-14(13-18(19)27(32)33)29-23-15-7-5-6-8-16(15)24(30)21(23)17-10-12-20(34-3)25(35-4)22(17)26(29)31/h5-13H,1-4H3,(H,32,33). The maximum Gasteiger partial charge on any atom is 0.337 e. The molecule has 4 aromatic rings. The molecule has 8 heteroatoms. The Bertz CT molecular complexity index is 1620. The number of rotatable bonds is 5. The fourth-order valence-corrected chi connectivity index (χ4v) is 4.78. The van der Waals surface area contributed by atoms with Gasteiger partial charge in [-0.2, -0.15) is 0 Å². The van der Waals surface area contributed by atoms with Crippen molar-refractivity contribution >= 4 is 28.2 Å². The molecule has 35 heavy (non-hydrogen) atoms. The summed E-state index contributed by atoms with van der Waals surface area (Å²) in [5.41, 5.74) is 2.25. The van der Waals surface area contributed by atoms with Gasteiger partial charge in [0.25, 0.3) is 5.56 Å². The summed E-state index contributed by atoms with van der Waals surface area (Å²) >= 11 is 0. The number of carboxylic acids is 1. The first-order chi connectivity index (χ1) is 16.8. The molecule has 1 aliphatic rings. The number of hydrogen-bond acceptors (Lipinski definition) is 6. The van der Waals surface area contributed by atoms with E-state index < -0.39 is 11.5 Å². The number of ether oxygens (including phenoxy) is 2. The molecule has 1 aromatic heterocycles. The highest BCUT2D eigenvalue weighted by molar-refractivity contribution is 6.27. The molecule has 176 valence electrons. The predicted octanol–water partition coefficient (Wildman–Crippen LogP) is 3.98. The number of ketones is 1. The van der Waals surface area contributed by atoms with Gasteiger partial charge in [0, 0.05) is 30.6 Å². The number of pyridine rings is 1. The van der Waals surface area contributed by atoms with Crippen LogP contribution < -0.4 is 19.9 Å². The number of anilines is 1. The second-order valence-electron chi connectivity index (χ2n) is 8.36. The van der Waals surface area contributed by atoms with E-state index in [1.54, 1.807) is 67.5 Å². The lowest BCUT2D eigenvalue weighted by molar-refractivity contribution is 0.0697. The molecule has 0 spiro atoms. The third-order valence-corrected chi connectivity index (χ3v) is 6.30. The number of hydrogen-bond donors (Lipinski definition) is 1. The monoisotopic (exact) mass is 470 g/mol. The van der Waals surface area contributed by atoms with Crippen molar-refractivity contribution in [2.45, 2.75) is 0 Å². The van der Waals surface area contributed by atoms with Gasteiger partial charge in [0.15, 0.2) is 17.3 Å². The van der Waals surface area contributed by atoms with Crippen molar-refractivity contribution in [2.75, 3.05) is 33.2 Å². The van der Waals surface area contributed by atoms with E-state index in [-0.39, 0.29) is 22.5 Å². The van der Waals surface area contributed by atoms with Gasteiger partial charge in [0.05, 0.1) is 47.8 Å². The van der Waals surface area contributed by atoms with E-state index >= 15 is 0 Å². The van der Waals surface area contributed by atoms with Crippen LogP contribution >= 0.6 is 0 Å². The third-order valence-electron chi connectivity index (χ3n) is 6.30. The topological polar surface area (TPSA) is 98.1 Å².